The van der Waals surface area contributed by atoms with E-state index in [-0.39, 0.29) is 25.5 Å². The van der Waals surface area contributed by atoms with Gasteiger partial charge in [-0.25, -0.2) is 0 Å². The Morgan fingerprint density at radius 1 is 1.15 bits per heavy atom. The standard InChI is InChI=1S/C19H17ClN2O5/c20-13-5-7-14(8-6-13)21-17(23)12-27-19(25)11-22-15-3-1-2-4-16(15)26-10-9-18(22)24/h1-8H,9-12H2,(H,21,23). The molecule has 0 aliphatic carbocycles. The largest absolute Gasteiger partial charge is 0.491 e. The van der Waals surface area contributed by atoms with E-state index in [1.54, 1.807) is 48.5 Å². The predicted octanol–water partition coefficient (Wildman–Crippen LogP) is 2.64. The number of fused-ring (bicyclic) bond motifs is 1. The van der Waals surface area contributed by atoms with E-state index in [4.69, 9.17) is 21.1 Å². The fraction of sp³-hybridized carbons (Fsp3) is 0.211. The number of hydrogen-bond donors (Lipinski definition) is 1. The minimum Gasteiger partial charge on any atom is -0.491 e. The lowest BCUT2D eigenvalue weighted by Crippen LogP contribution is -2.36. The molecule has 0 radical (unpaired) electrons. The van der Waals surface area contributed by atoms with Crippen LogP contribution in [0.4, 0.5) is 11.4 Å². The number of anilines is 2. The van der Waals surface area contributed by atoms with E-state index in [9.17, 15) is 14.4 Å². The van der Waals surface area contributed by atoms with Crippen LogP contribution in [0.25, 0.3) is 0 Å². The first-order valence-corrected chi connectivity index (χ1v) is 8.64. The fourth-order valence-electron chi connectivity index (χ4n) is 2.54. The van der Waals surface area contributed by atoms with Crippen LogP contribution in [-0.4, -0.2) is 37.5 Å². The van der Waals surface area contributed by atoms with E-state index in [2.05, 4.69) is 5.32 Å². The van der Waals surface area contributed by atoms with Crippen molar-refractivity contribution < 1.29 is 23.9 Å². The molecule has 0 saturated heterocycles. The first-order chi connectivity index (χ1) is 13.0. The van der Waals surface area contributed by atoms with Crippen molar-refractivity contribution >= 4 is 40.8 Å². The molecule has 27 heavy (non-hydrogen) atoms. The number of nitrogens with one attached hydrogen (secondary N) is 1. The van der Waals surface area contributed by atoms with Gasteiger partial charge in [-0.05, 0) is 36.4 Å². The van der Waals surface area contributed by atoms with Gasteiger partial charge in [0.05, 0.1) is 18.7 Å². The second-order valence-corrected chi connectivity index (χ2v) is 6.20. The van der Waals surface area contributed by atoms with Gasteiger partial charge in [0.1, 0.15) is 12.3 Å². The van der Waals surface area contributed by atoms with Gasteiger partial charge in [-0.1, -0.05) is 23.7 Å². The second kappa shape index (κ2) is 8.55. The summed E-state index contributed by atoms with van der Waals surface area (Å²) < 4.78 is 10.5. The summed E-state index contributed by atoms with van der Waals surface area (Å²) in [7, 11) is 0. The van der Waals surface area contributed by atoms with Gasteiger partial charge in [-0.2, -0.15) is 0 Å². The molecule has 0 atom stereocenters. The van der Waals surface area contributed by atoms with E-state index in [1.165, 1.54) is 4.90 Å². The summed E-state index contributed by atoms with van der Waals surface area (Å²) in [5.74, 6) is -0.901. The van der Waals surface area contributed by atoms with Gasteiger partial charge < -0.3 is 14.8 Å². The third-order valence-corrected chi connectivity index (χ3v) is 4.06. The Bertz CT molecular complexity index is 853. The maximum atomic E-state index is 12.3. The van der Waals surface area contributed by atoms with Gasteiger partial charge in [0.25, 0.3) is 5.91 Å². The summed E-state index contributed by atoms with van der Waals surface area (Å²) in [6, 6.07) is 13.5. The molecule has 0 unspecified atom stereocenters. The highest BCUT2D eigenvalue weighted by atomic mass is 35.5. The van der Waals surface area contributed by atoms with Crippen molar-refractivity contribution in [3.8, 4) is 5.75 Å². The zero-order valence-electron chi connectivity index (χ0n) is 14.3. The van der Waals surface area contributed by atoms with Crippen molar-refractivity contribution in [2.45, 2.75) is 6.42 Å². The Morgan fingerprint density at radius 3 is 2.67 bits per heavy atom. The molecule has 2 amide bonds. The van der Waals surface area contributed by atoms with Gasteiger partial charge in [0.15, 0.2) is 6.61 Å². The van der Waals surface area contributed by atoms with E-state index < -0.39 is 18.5 Å². The van der Waals surface area contributed by atoms with E-state index in [0.29, 0.717) is 22.1 Å². The molecule has 1 N–H and O–H groups in total. The number of halogens is 1. The third kappa shape index (κ3) is 4.98. The maximum Gasteiger partial charge on any atom is 0.326 e. The lowest BCUT2D eigenvalue weighted by molar-refractivity contribution is -0.146. The summed E-state index contributed by atoms with van der Waals surface area (Å²) in [5, 5.41) is 3.13. The summed E-state index contributed by atoms with van der Waals surface area (Å²) in [5.41, 5.74) is 1.04. The van der Waals surface area contributed by atoms with Crippen LogP contribution in [0.2, 0.25) is 5.02 Å². The van der Waals surface area contributed by atoms with Crippen LogP contribution < -0.4 is 15.0 Å². The molecular formula is C19H17ClN2O5. The highest BCUT2D eigenvalue weighted by molar-refractivity contribution is 6.30. The number of ether oxygens (including phenoxy) is 2. The van der Waals surface area contributed by atoms with Crippen LogP contribution in [0.5, 0.6) is 5.75 Å². The number of esters is 1. The van der Waals surface area contributed by atoms with Crippen LogP contribution in [0, 0.1) is 0 Å². The van der Waals surface area contributed by atoms with Gasteiger partial charge in [-0.3, -0.25) is 19.3 Å². The Labute approximate surface area is 160 Å². The topological polar surface area (TPSA) is 84.9 Å². The summed E-state index contributed by atoms with van der Waals surface area (Å²) >= 11 is 5.78. The first kappa shape index (κ1) is 18.7. The number of nitrogens with zero attached hydrogens (tertiary/aromatic N) is 1. The summed E-state index contributed by atoms with van der Waals surface area (Å²) in [4.78, 5) is 37.6. The van der Waals surface area contributed by atoms with Crippen LogP contribution in [-0.2, 0) is 19.1 Å². The predicted molar refractivity (Wildman–Crippen MR) is 99.9 cm³/mol. The normalized spacial score (nSPS) is 13.2. The van der Waals surface area contributed by atoms with Crippen molar-refractivity contribution in [2.75, 3.05) is 30.0 Å². The van der Waals surface area contributed by atoms with Crippen molar-refractivity contribution in [3.63, 3.8) is 0 Å². The first-order valence-electron chi connectivity index (χ1n) is 8.26. The minimum absolute atomic E-state index is 0.152. The maximum absolute atomic E-state index is 12.3. The highest BCUT2D eigenvalue weighted by Crippen LogP contribution is 2.30. The Kier molecular flexibility index (Phi) is 5.93. The lowest BCUT2D eigenvalue weighted by Gasteiger charge is -2.20. The molecule has 7 nitrogen and oxygen atoms in total. The molecule has 1 aliphatic rings. The van der Waals surface area contributed by atoms with Crippen molar-refractivity contribution in [3.05, 3.63) is 53.6 Å². The number of amides is 2. The average molecular weight is 389 g/mol. The van der Waals surface area contributed by atoms with E-state index >= 15 is 0 Å². The number of benzene rings is 2. The van der Waals surface area contributed by atoms with Crippen LogP contribution >= 0.6 is 11.6 Å². The number of rotatable bonds is 5. The SMILES string of the molecule is O=C(COC(=O)CN1C(=O)CCOc2ccccc21)Nc1ccc(Cl)cc1. The van der Waals surface area contributed by atoms with Crippen LogP contribution in [0.3, 0.4) is 0 Å². The molecule has 3 rings (SSSR count). The molecule has 1 heterocycles. The Hall–Kier alpha value is -3.06. The summed E-state index contributed by atoms with van der Waals surface area (Å²) in [6.45, 7) is -0.514. The monoisotopic (exact) mass is 388 g/mol. The highest BCUT2D eigenvalue weighted by Gasteiger charge is 2.25. The third-order valence-electron chi connectivity index (χ3n) is 3.81. The molecule has 140 valence electrons. The zero-order chi connectivity index (χ0) is 19.2. The van der Waals surface area contributed by atoms with Gasteiger partial charge in [0, 0.05) is 10.7 Å². The molecule has 0 bridgehead atoms. The lowest BCUT2D eigenvalue weighted by atomic mass is 10.2. The number of carbonyl (C=O) groups excluding carboxylic acids is 3. The van der Waals surface area contributed by atoms with Gasteiger partial charge in [-0.15, -0.1) is 0 Å². The minimum atomic E-state index is -0.689. The van der Waals surface area contributed by atoms with E-state index in [0.717, 1.165) is 0 Å². The molecule has 1 aliphatic heterocycles. The van der Waals surface area contributed by atoms with Crippen molar-refractivity contribution in [1.29, 1.82) is 0 Å². The molecule has 2 aromatic rings. The fourth-order valence-corrected chi connectivity index (χ4v) is 2.67. The molecule has 2 aromatic carbocycles. The van der Waals surface area contributed by atoms with E-state index in [1.807, 2.05) is 0 Å². The molecule has 0 spiro atoms. The molecule has 0 aromatic heterocycles. The zero-order valence-corrected chi connectivity index (χ0v) is 15.1. The van der Waals surface area contributed by atoms with Crippen molar-refractivity contribution in [2.24, 2.45) is 0 Å². The molecule has 0 saturated carbocycles. The quantitative estimate of drug-likeness (QED) is 0.796. The Balaban J connectivity index is 1.56. The van der Waals surface area contributed by atoms with Crippen molar-refractivity contribution in [1.82, 2.24) is 0 Å². The number of para-hydroxylation sites is 2. The molecule has 0 fully saturated rings. The van der Waals surface area contributed by atoms with Gasteiger partial charge >= 0.3 is 5.97 Å². The second-order valence-electron chi connectivity index (χ2n) is 5.76. The number of hydrogen-bond acceptors (Lipinski definition) is 5. The molecular weight excluding hydrogens is 372 g/mol. The summed E-state index contributed by atoms with van der Waals surface area (Å²) in [6.07, 6.45) is 0.152. The average Bonchev–Trinajstić information content (AvgIpc) is 2.81. The Morgan fingerprint density at radius 2 is 1.89 bits per heavy atom. The number of carbonyl (C=O) groups is 3. The van der Waals surface area contributed by atoms with Crippen LogP contribution in [0.15, 0.2) is 48.5 Å². The smallest absolute Gasteiger partial charge is 0.326 e. The molecule has 8 heteroatoms. The van der Waals surface area contributed by atoms with Crippen LogP contribution in [0.1, 0.15) is 6.42 Å². The van der Waals surface area contributed by atoms with Gasteiger partial charge in [0.2, 0.25) is 5.91 Å².